The number of amides is 2. The zero-order chi connectivity index (χ0) is 23.3. The van der Waals surface area contributed by atoms with Crippen molar-refractivity contribution in [3.63, 3.8) is 0 Å². The zero-order valence-corrected chi connectivity index (χ0v) is 18.8. The number of rotatable bonds is 3. The summed E-state index contributed by atoms with van der Waals surface area (Å²) in [6.07, 6.45) is 6.81. The number of pyridine rings is 1. The second-order valence-corrected chi connectivity index (χ2v) is 8.21. The molecular formula is C26H25N7O. The molecule has 5 rings (SSSR count). The van der Waals surface area contributed by atoms with Crippen molar-refractivity contribution in [2.75, 3.05) is 16.0 Å². The van der Waals surface area contributed by atoms with Crippen molar-refractivity contribution in [3.8, 4) is 0 Å². The van der Waals surface area contributed by atoms with Crippen molar-refractivity contribution in [3.05, 3.63) is 95.4 Å². The van der Waals surface area contributed by atoms with E-state index in [9.17, 15) is 4.79 Å². The highest BCUT2D eigenvalue weighted by molar-refractivity contribution is 5.90. The Labute approximate surface area is 197 Å². The smallest absolute Gasteiger partial charge is 0.319 e. The molecule has 3 heterocycles. The first kappa shape index (κ1) is 21.4. The Morgan fingerprint density at radius 2 is 1.85 bits per heavy atom. The Hall–Kier alpha value is -4.46. The number of hydrogen-bond acceptors (Lipinski definition) is 6. The van der Waals surface area contributed by atoms with Gasteiger partial charge in [0.2, 0.25) is 5.95 Å². The van der Waals surface area contributed by atoms with Crippen molar-refractivity contribution in [2.45, 2.75) is 26.3 Å². The number of nitrogens with one attached hydrogen (secondary N) is 4. The van der Waals surface area contributed by atoms with Crippen LogP contribution >= 0.6 is 0 Å². The van der Waals surface area contributed by atoms with Gasteiger partial charge in [0.05, 0.1) is 0 Å². The molecule has 0 radical (unpaired) electrons. The lowest BCUT2D eigenvalue weighted by atomic mass is 10.0. The van der Waals surface area contributed by atoms with Crippen molar-refractivity contribution in [1.82, 2.24) is 20.3 Å². The predicted octanol–water partition coefficient (Wildman–Crippen LogP) is 5.09. The van der Waals surface area contributed by atoms with Crippen LogP contribution in [-0.4, -0.2) is 21.0 Å². The maximum atomic E-state index is 12.6. The number of benzene rings is 2. The average Bonchev–Trinajstić information content (AvgIpc) is 2.86. The van der Waals surface area contributed by atoms with E-state index in [4.69, 9.17) is 0 Å². The van der Waals surface area contributed by atoms with Crippen LogP contribution in [0.2, 0.25) is 0 Å². The summed E-state index contributed by atoms with van der Waals surface area (Å²) in [7, 11) is 0. The van der Waals surface area contributed by atoms with Crippen LogP contribution in [0.3, 0.4) is 0 Å². The van der Waals surface area contributed by atoms with Gasteiger partial charge < -0.3 is 21.3 Å². The molecule has 170 valence electrons. The fourth-order valence-corrected chi connectivity index (χ4v) is 3.83. The summed E-state index contributed by atoms with van der Waals surface area (Å²) < 4.78 is 0. The number of anilines is 5. The van der Waals surface area contributed by atoms with E-state index in [1.54, 1.807) is 18.6 Å². The lowest BCUT2D eigenvalue weighted by Crippen LogP contribution is -2.28. The topological polar surface area (TPSA) is 104 Å². The molecule has 2 aromatic carbocycles. The van der Waals surface area contributed by atoms with Crippen LogP contribution in [0.4, 0.5) is 33.6 Å². The average molecular weight is 452 g/mol. The molecular weight excluding hydrogens is 426 g/mol. The molecule has 4 aromatic rings. The molecule has 0 saturated heterocycles. The van der Waals surface area contributed by atoms with E-state index in [-0.39, 0.29) is 6.03 Å². The fraction of sp³-hybridized carbons (Fsp3) is 0.154. The van der Waals surface area contributed by atoms with E-state index in [1.807, 2.05) is 43.3 Å². The third-order valence-corrected chi connectivity index (χ3v) is 5.66. The Kier molecular flexibility index (Phi) is 6.03. The van der Waals surface area contributed by atoms with Crippen molar-refractivity contribution < 1.29 is 4.79 Å². The molecule has 0 aliphatic carbocycles. The van der Waals surface area contributed by atoms with Gasteiger partial charge in [-0.3, -0.25) is 4.98 Å². The van der Waals surface area contributed by atoms with Crippen molar-refractivity contribution >= 4 is 34.9 Å². The Morgan fingerprint density at radius 1 is 1.00 bits per heavy atom. The molecule has 4 N–H and O–H groups in total. The van der Waals surface area contributed by atoms with Gasteiger partial charge in [-0.05, 0) is 78.9 Å². The van der Waals surface area contributed by atoms with E-state index in [0.717, 1.165) is 52.4 Å². The molecule has 0 fully saturated rings. The molecule has 0 unspecified atom stereocenters. The zero-order valence-electron chi connectivity index (χ0n) is 18.8. The normalized spacial score (nSPS) is 12.1. The van der Waals surface area contributed by atoms with Crippen molar-refractivity contribution in [2.24, 2.45) is 0 Å². The third kappa shape index (κ3) is 5.12. The van der Waals surface area contributed by atoms with Gasteiger partial charge in [-0.1, -0.05) is 12.1 Å². The quantitative estimate of drug-likeness (QED) is 0.346. The highest BCUT2D eigenvalue weighted by atomic mass is 16.2. The van der Waals surface area contributed by atoms with Crippen LogP contribution in [0.15, 0.2) is 73.2 Å². The number of nitrogens with zero attached hydrogens (tertiary/aromatic N) is 3. The van der Waals surface area contributed by atoms with Crippen LogP contribution in [-0.2, 0) is 19.4 Å². The minimum absolute atomic E-state index is 0.251. The number of carbonyl (C=O) groups excluding carboxylic acids is 1. The molecule has 0 atom stereocenters. The van der Waals surface area contributed by atoms with Crippen LogP contribution in [0.5, 0.6) is 0 Å². The summed E-state index contributed by atoms with van der Waals surface area (Å²) >= 11 is 0. The van der Waals surface area contributed by atoms with Gasteiger partial charge >= 0.3 is 6.03 Å². The van der Waals surface area contributed by atoms with Crippen LogP contribution in [0.25, 0.3) is 0 Å². The molecule has 1 aliphatic heterocycles. The van der Waals surface area contributed by atoms with E-state index in [1.165, 1.54) is 5.56 Å². The number of aromatic nitrogens is 3. The molecule has 2 aromatic heterocycles. The summed E-state index contributed by atoms with van der Waals surface area (Å²) in [4.78, 5) is 25.7. The maximum absolute atomic E-state index is 12.6. The van der Waals surface area contributed by atoms with Gasteiger partial charge in [0.1, 0.15) is 5.82 Å². The third-order valence-electron chi connectivity index (χ3n) is 5.66. The number of hydrogen-bond donors (Lipinski definition) is 4. The SMILES string of the molecule is Cc1cnc2nc1Nc1ccc(NC(=O)NCc3ccncc3)c(c1)CCc1cccc(c1)N2. The first-order chi connectivity index (χ1) is 16.6. The van der Waals surface area contributed by atoms with E-state index < -0.39 is 0 Å². The van der Waals surface area contributed by atoms with Gasteiger partial charge in [-0.2, -0.15) is 4.98 Å². The summed E-state index contributed by atoms with van der Waals surface area (Å²) in [5, 5.41) is 12.6. The Bertz CT molecular complexity index is 1320. The fourth-order valence-electron chi connectivity index (χ4n) is 3.83. The standard InChI is InChI=1S/C26H25N7O/c1-17-15-28-25-31-21-4-2-3-18(13-21)5-6-20-14-22(30-24(17)33-25)7-8-23(20)32-26(34)29-16-19-9-11-27-12-10-19/h2-4,7-15H,5-6,16H2,1H3,(H2,29,32,34)(H2,28,30,31,33). The van der Waals surface area contributed by atoms with Gasteiger partial charge in [-0.25, -0.2) is 9.78 Å². The molecule has 8 heteroatoms. The minimum atomic E-state index is -0.251. The van der Waals surface area contributed by atoms with E-state index in [2.05, 4.69) is 54.4 Å². The summed E-state index contributed by atoms with van der Waals surface area (Å²) in [6.45, 7) is 2.40. The van der Waals surface area contributed by atoms with Gasteiger partial charge in [0.15, 0.2) is 0 Å². The highest BCUT2D eigenvalue weighted by Crippen LogP contribution is 2.27. The largest absolute Gasteiger partial charge is 0.340 e. The van der Waals surface area contributed by atoms with Crippen LogP contribution in [0.1, 0.15) is 22.3 Å². The number of urea groups is 1. The molecule has 2 amide bonds. The van der Waals surface area contributed by atoms with Crippen LogP contribution < -0.4 is 21.3 Å². The number of aryl methyl sites for hydroxylation is 3. The Morgan fingerprint density at radius 3 is 2.74 bits per heavy atom. The summed E-state index contributed by atoms with van der Waals surface area (Å²) in [5.74, 6) is 1.27. The van der Waals surface area contributed by atoms with E-state index in [0.29, 0.717) is 12.5 Å². The molecule has 1 aliphatic rings. The van der Waals surface area contributed by atoms with Gasteiger partial charge in [-0.15, -0.1) is 0 Å². The van der Waals surface area contributed by atoms with Gasteiger partial charge in [0, 0.05) is 47.8 Å². The predicted molar refractivity (Wildman–Crippen MR) is 134 cm³/mol. The Balaban J connectivity index is 1.42. The second-order valence-electron chi connectivity index (χ2n) is 8.21. The highest BCUT2D eigenvalue weighted by Gasteiger charge is 2.12. The van der Waals surface area contributed by atoms with Gasteiger partial charge in [0.25, 0.3) is 0 Å². The molecule has 0 saturated carbocycles. The number of fused-ring (bicyclic) bond motifs is 6. The maximum Gasteiger partial charge on any atom is 0.319 e. The molecule has 6 bridgehead atoms. The van der Waals surface area contributed by atoms with Crippen molar-refractivity contribution in [1.29, 1.82) is 0 Å². The van der Waals surface area contributed by atoms with Crippen LogP contribution in [0, 0.1) is 6.92 Å². The van der Waals surface area contributed by atoms with E-state index >= 15 is 0 Å². The lowest BCUT2D eigenvalue weighted by Gasteiger charge is -2.15. The number of carbonyl (C=O) groups is 1. The molecule has 0 spiro atoms. The first-order valence-electron chi connectivity index (χ1n) is 11.2. The first-order valence-corrected chi connectivity index (χ1v) is 11.2. The molecule has 8 nitrogen and oxygen atoms in total. The lowest BCUT2D eigenvalue weighted by molar-refractivity contribution is 0.251. The summed E-state index contributed by atoms with van der Waals surface area (Å²) in [5.41, 5.74) is 6.76. The second kappa shape index (κ2) is 9.58. The summed E-state index contributed by atoms with van der Waals surface area (Å²) in [6, 6.07) is 17.7. The minimum Gasteiger partial charge on any atom is -0.340 e. The molecule has 34 heavy (non-hydrogen) atoms. The monoisotopic (exact) mass is 451 g/mol.